The molecule has 0 aliphatic carbocycles. The lowest BCUT2D eigenvalue weighted by Crippen LogP contribution is -2.18. The highest BCUT2D eigenvalue weighted by atomic mass is 79.9. The smallest absolute Gasteiger partial charge is 0.275 e. The second kappa shape index (κ2) is 10.2. The number of hydrazone groups is 1. The maximum atomic E-state index is 12.4. The third-order valence-corrected chi connectivity index (χ3v) is 4.67. The minimum absolute atomic E-state index is 0.281. The number of rotatable bonds is 7. The van der Waals surface area contributed by atoms with Crippen molar-refractivity contribution in [3.63, 3.8) is 0 Å². The molecule has 0 unspecified atom stereocenters. The van der Waals surface area contributed by atoms with Gasteiger partial charge in [-0.2, -0.15) is 10.4 Å². The number of methoxy groups -OCH3 is 1. The lowest BCUT2D eigenvalue weighted by atomic mass is 10.1. The van der Waals surface area contributed by atoms with Crippen LogP contribution < -0.4 is 14.9 Å². The molecule has 0 saturated carbocycles. The van der Waals surface area contributed by atoms with Crippen molar-refractivity contribution in [2.75, 3.05) is 7.11 Å². The van der Waals surface area contributed by atoms with Crippen LogP contribution >= 0.6 is 15.9 Å². The topological polar surface area (TPSA) is 83.7 Å². The molecular formula is C23H18BrN3O3. The molecule has 0 radical (unpaired) electrons. The van der Waals surface area contributed by atoms with E-state index in [1.807, 2.05) is 36.4 Å². The van der Waals surface area contributed by atoms with Crippen molar-refractivity contribution in [1.29, 1.82) is 5.26 Å². The van der Waals surface area contributed by atoms with Crippen LogP contribution in [-0.4, -0.2) is 19.2 Å². The highest BCUT2D eigenvalue weighted by molar-refractivity contribution is 9.10. The Bertz CT molecular complexity index is 1120. The van der Waals surface area contributed by atoms with E-state index in [9.17, 15) is 4.79 Å². The molecule has 0 aromatic heterocycles. The minimum atomic E-state index is -0.384. The lowest BCUT2D eigenvalue weighted by molar-refractivity contribution is 0.0952. The Kier molecular flexibility index (Phi) is 7.19. The van der Waals surface area contributed by atoms with Crippen molar-refractivity contribution in [2.24, 2.45) is 5.10 Å². The molecule has 6 nitrogen and oxygen atoms in total. The van der Waals surface area contributed by atoms with Crippen LogP contribution in [0.3, 0.4) is 0 Å². The monoisotopic (exact) mass is 463 g/mol. The molecule has 0 aliphatic rings. The summed E-state index contributed by atoms with van der Waals surface area (Å²) in [6.45, 7) is 0.281. The molecule has 150 valence electrons. The second-order valence-corrected chi connectivity index (χ2v) is 7.09. The summed E-state index contributed by atoms with van der Waals surface area (Å²) in [5, 5.41) is 13.2. The van der Waals surface area contributed by atoms with E-state index in [-0.39, 0.29) is 12.5 Å². The van der Waals surface area contributed by atoms with Crippen LogP contribution in [0.2, 0.25) is 0 Å². The summed E-state index contributed by atoms with van der Waals surface area (Å²) in [5.41, 5.74) is 5.02. The van der Waals surface area contributed by atoms with Gasteiger partial charge in [0, 0.05) is 10.0 Å². The standard InChI is InChI=1S/C23H18BrN3O3/c1-29-22-10-9-19(24)12-21(22)23(28)27-26-14-16-5-4-8-20(11-16)30-15-18-7-3-2-6-17(18)13-25/h2-12,14H,15H2,1H3,(H,27,28)/b26-14-. The van der Waals surface area contributed by atoms with Crippen LogP contribution in [0.5, 0.6) is 11.5 Å². The van der Waals surface area contributed by atoms with Gasteiger partial charge in [-0.25, -0.2) is 5.43 Å². The van der Waals surface area contributed by atoms with Gasteiger partial charge in [0.15, 0.2) is 0 Å². The van der Waals surface area contributed by atoms with Crippen molar-refractivity contribution in [2.45, 2.75) is 6.61 Å². The lowest BCUT2D eigenvalue weighted by Gasteiger charge is -2.08. The van der Waals surface area contributed by atoms with Gasteiger partial charge in [-0.3, -0.25) is 4.79 Å². The molecule has 0 saturated heterocycles. The van der Waals surface area contributed by atoms with Crippen molar-refractivity contribution in [3.05, 3.63) is 93.5 Å². The molecule has 3 aromatic carbocycles. The van der Waals surface area contributed by atoms with Crippen LogP contribution in [0.25, 0.3) is 0 Å². The van der Waals surface area contributed by atoms with E-state index in [2.05, 4.69) is 32.5 Å². The SMILES string of the molecule is COc1ccc(Br)cc1C(=O)N/N=C\c1cccc(OCc2ccccc2C#N)c1. The van der Waals surface area contributed by atoms with Gasteiger partial charge in [0.2, 0.25) is 0 Å². The number of hydrogen-bond acceptors (Lipinski definition) is 5. The Hall–Kier alpha value is -3.63. The van der Waals surface area contributed by atoms with E-state index < -0.39 is 0 Å². The number of nitrogens with zero attached hydrogens (tertiary/aromatic N) is 2. The molecule has 3 rings (SSSR count). The number of nitriles is 1. The number of carbonyl (C=O) groups excluding carboxylic acids is 1. The summed E-state index contributed by atoms with van der Waals surface area (Å²) in [6, 6.07) is 21.9. The Morgan fingerprint density at radius 3 is 2.80 bits per heavy atom. The van der Waals surface area contributed by atoms with Gasteiger partial charge in [-0.05, 0) is 42.0 Å². The number of carbonyl (C=O) groups is 1. The summed E-state index contributed by atoms with van der Waals surface area (Å²) < 4.78 is 11.8. The van der Waals surface area contributed by atoms with Crippen molar-refractivity contribution < 1.29 is 14.3 Å². The fourth-order valence-electron chi connectivity index (χ4n) is 2.68. The van der Waals surface area contributed by atoms with Crippen LogP contribution in [0.4, 0.5) is 0 Å². The number of amides is 1. The number of nitrogens with one attached hydrogen (secondary N) is 1. The van der Waals surface area contributed by atoms with Crippen molar-refractivity contribution in [3.8, 4) is 17.6 Å². The van der Waals surface area contributed by atoms with E-state index >= 15 is 0 Å². The van der Waals surface area contributed by atoms with E-state index in [1.54, 1.807) is 30.3 Å². The molecule has 7 heteroatoms. The first kappa shape index (κ1) is 21.1. The van der Waals surface area contributed by atoms with Crippen LogP contribution in [0.1, 0.15) is 27.0 Å². The minimum Gasteiger partial charge on any atom is -0.496 e. The third kappa shape index (κ3) is 5.46. The molecule has 0 heterocycles. The average molecular weight is 464 g/mol. The molecular weight excluding hydrogens is 446 g/mol. The Morgan fingerprint density at radius 2 is 2.00 bits per heavy atom. The fraction of sp³-hybridized carbons (Fsp3) is 0.0870. The van der Waals surface area contributed by atoms with E-state index in [0.717, 1.165) is 15.6 Å². The molecule has 1 amide bonds. The fourth-order valence-corrected chi connectivity index (χ4v) is 3.05. The third-order valence-electron chi connectivity index (χ3n) is 4.18. The Balaban J connectivity index is 1.64. The zero-order chi connectivity index (χ0) is 21.3. The van der Waals surface area contributed by atoms with Gasteiger partial charge in [0.1, 0.15) is 18.1 Å². The normalized spacial score (nSPS) is 10.4. The maximum absolute atomic E-state index is 12.4. The van der Waals surface area contributed by atoms with Crippen molar-refractivity contribution in [1.82, 2.24) is 5.43 Å². The largest absolute Gasteiger partial charge is 0.496 e. The Morgan fingerprint density at radius 1 is 1.17 bits per heavy atom. The number of hydrogen-bond donors (Lipinski definition) is 1. The first-order valence-corrected chi connectivity index (χ1v) is 9.78. The zero-order valence-corrected chi connectivity index (χ0v) is 17.7. The van der Waals surface area contributed by atoms with Gasteiger partial charge in [-0.1, -0.05) is 46.3 Å². The zero-order valence-electron chi connectivity index (χ0n) is 16.1. The summed E-state index contributed by atoms with van der Waals surface area (Å²) in [5.74, 6) is 0.704. The Labute approximate surface area is 182 Å². The number of benzene rings is 3. The van der Waals surface area contributed by atoms with Crippen LogP contribution in [-0.2, 0) is 6.61 Å². The second-order valence-electron chi connectivity index (χ2n) is 6.17. The van der Waals surface area contributed by atoms with E-state index in [4.69, 9.17) is 14.7 Å². The molecule has 0 bridgehead atoms. The molecule has 0 atom stereocenters. The molecule has 0 spiro atoms. The van der Waals surface area contributed by atoms with Gasteiger partial charge in [-0.15, -0.1) is 0 Å². The van der Waals surface area contributed by atoms with Gasteiger partial charge in [0.05, 0.1) is 30.5 Å². The first-order valence-electron chi connectivity index (χ1n) is 8.98. The number of ether oxygens (including phenoxy) is 2. The maximum Gasteiger partial charge on any atom is 0.275 e. The van der Waals surface area contributed by atoms with Crippen LogP contribution in [0.15, 0.2) is 76.3 Å². The van der Waals surface area contributed by atoms with Crippen LogP contribution in [0, 0.1) is 11.3 Å². The van der Waals surface area contributed by atoms with Gasteiger partial charge < -0.3 is 9.47 Å². The summed E-state index contributed by atoms with van der Waals surface area (Å²) in [4.78, 5) is 12.4. The predicted octanol–water partition coefficient (Wildman–Crippen LogP) is 4.67. The molecule has 3 aromatic rings. The molecule has 30 heavy (non-hydrogen) atoms. The highest BCUT2D eigenvalue weighted by Crippen LogP contribution is 2.22. The van der Waals surface area contributed by atoms with Crippen molar-refractivity contribution >= 4 is 28.1 Å². The molecule has 0 fully saturated rings. The number of halogens is 1. The van der Waals surface area contributed by atoms with Gasteiger partial charge >= 0.3 is 0 Å². The van der Waals surface area contributed by atoms with E-state index in [1.165, 1.54) is 13.3 Å². The molecule has 0 aliphatic heterocycles. The highest BCUT2D eigenvalue weighted by Gasteiger charge is 2.12. The quantitative estimate of drug-likeness (QED) is 0.407. The summed E-state index contributed by atoms with van der Waals surface area (Å²) in [6.07, 6.45) is 1.53. The van der Waals surface area contributed by atoms with E-state index in [0.29, 0.717) is 22.6 Å². The first-order chi connectivity index (χ1) is 14.6. The van der Waals surface area contributed by atoms with Gasteiger partial charge in [0.25, 0.3) is 5.91 Å². The summed E-state index contributed by atoms with van der Waals surface area (Å²) in [7, 11) is 1.50. The average Bonchev–Trinajstić information content (AvgIpc) is 2.78. The predicted molar refractivity (Wildman–Crippen MR) is 118 cm³/mol. The molecule has 1 N–H and O–H groups in total. The summed E-state index contributed by atoms with van der Waals surface area (Å²) >= 11 is 3.34.